The summed E-state index contributed by atoms with van der Waals surface area (Å²) in [5.74, 6) is 0.892. The number of thioether (sulfide) groups is 1. The van der Waals surface area contributed by atoms with Gasteiger partial charge >= 0.3 is 0 Å². The molecule has 84 valence electrons. The van der Waals surface area contributed by atoms with E-state index < -0.39 is 0 Å². The molecule has 0 unspecified atom stereocenters. The molecule has 0 radical (unpaired) electrons. The molecule has 2 rings (SSSR count). The number of hydrogen-bond acceptors (Lipinski definition) is 6. The summed E-state index contributed by atoms with van der Waals surface area (Å²) in [5.41, 5.74) is 6.82. The van der Waals surface area contributed by atoms with E-state index in [-0.39, 0.29) is 5.84 Å². The molecule has 0 spiro atoms. The van der Waals surface area contributed by atoms with E-state index in [1.165, 1.54) is 18.1 Å². The lowest BCUT2D eigenvalue weighted by atomic mass is 10.5. The maximum absolute atomic E-state index is 8.38. The predicted octanol–water partition coefficient (Wildman–Crippen LogP) is 0.582. The Balaban J connectivity index is 2.07. The number of oxime groups is 1. The summed E-state index contributed by atoms with van der Waals surface area (Å²) in [4.78, 5) is 15.1. The molecule has 0 aromatic carbocycles. The van der Waals surface area contributed by atoms with E-state index >= 15 is 0 Å². The average molecular weight is 238 g/mol. The van der Waals surface area contributed by atoms with Gasteiger partial charge in [-0.1, -0.05) is 5.16 Å². The lowest BCUT2D eigenvalue weighted by molar-refractivity contribution is 0.317. The van der Waals surface area contributed by atoms with Crippen LogP contribution in [0.2, 0.25) is 0 Å². The van der Waals surface area contributed by atoms with Crippen LogP contribution in [0.1, 0.15) is 6.42 Å². The van der Waals surface area contributed by atoms with Crippen molar-refractivity contribution in [3.63, 3.8) is 0 Å². The quantitative estimate of drug-likeness (QED) is 0.179. The molecule has 0 amide bonds. The van der Waals surface area contributed by atoms with Crippen LogP contribution in [-0.4, -0.2) is 36.7 Å². The van der Waals surface area contributed by atoms with Gasteiger partial charge in [-0.3, -0.25) is 0 Å². The molecular formula is C8H10N6OS. The number of imidazole rings is 1. The molecule has 16 heavy (non-hydrogen) atoms. The van der Waals surface area contributed by atoms with Gasteiger partial charge in [0.2, 0.25) is 0 Å². The minimum Gasteiger partial charge on any atom is -0.409 e. The summed E-state index contributed by atoms with van der Waals surface area (Å²) in [5, 5.41) is 12.1. The van der Waals surface area contributed by atoms with Gasteiger partial charge in [-0.15, -0.1) is 11.8 Å². The number of H-pyrrole nitrogens is 1. The van der Waals surface area contributed by atoms with Gasteiger partial charge in [-0.05, 0) is 0 Å². The van der Waals surface area contributed by atoms with Crippen molar-refractivity contribution < 1.29 is 5.21 Å². The van der Waals surface area contributed by atoms with Crippen molar-refractivity contribution in [2.45, 2.75) is 11.4 Å². The number of aromatic nitrogens is 4. The fraction of sp³-hybridized carbons (Fsp3) is 0.250. The first-order valence-electron chi connectivity index (χ1n) is 4.54. The Hall–Kier alpha value is -1.83. The first-order chi connectivity index (χ1) is 7.81. The summed E-state index contributed by atoms with van der Waals surface area (Å²) in [7, 11) is 0. The molecule has 7 nitrogen and oxygen atoms in total. The highest BCUT2D eigenvalue weighted by Crippen LogP contribution is 2.21. The minimum absolute atomic E-state index is 0.211. The van der Waals surface area contributed by atoms with Crippen molar-refractivity contribution in [1.82, 2.24) is 19.9 Å². The maximum Gasteiger partial charge on any atom is 0.181 e. The Kier molecular flexibility index (Phi) is 3.20. The standard InChI is InChI=1S/C8H10N6OS/c9-5(14-15)1-2-16-8-6-7(11-3-10-6)12-4-13-8/h3-4,15H,1-2H2,(H2,9,14)(H,10,11,12,13). The first-order valence-corrected chi connectivity index (χ1v) is 5.53. The van der Waals surface area contributed by atoms with E-state index in [2.05, 4.69) is 25.1 Å². The number of rotatable bonds is 4. The number of amidine groups is 1. The van der Waals surface area contributed by atoms with Crippen LogP contribution in [0.5, 0.6) is 0 Å². The van der Waals surface area contributed by atoms with Crippen LogP contribution >= 0.6 is 11.8 Å². The SMILES string of the molecule is NC(CCSc1ncnc2nc[nH]c12)=NO. The monoisotopic (exact) mass is 238 g/mol. The van der Waals surface area contributed by atoms with Crippen LogP contribution in [0.25, 0.3) is 11.2 Å². The van der Waals surface area contributed by atoms with Gasteiger partial charge in [0.05, 0.1) is 6.33 Å². The molecular weight excluding hydrogens is 228 g/mol. The molecule has 4 N–H and O–H groups in total. The second kappa shape index (κ2) is 4.79. The third-order valence-corrected chi connectivity index (χ3v) is 2.90. The summed E-state index contributed by atoms with van der Waals surface area (Å²) in [6.45, 7) is 0. The summed E-state index contributed by atoms with van der Waals surface area (Å²) < 4.78 is 0. The lowest BCUT2D eigenvalue weighted by Crippen LogP contribution is -2.12. The van der Waals surface area contributed by atoms with Gasteiger partial charge in [0.1, 0.15) is 22.7 Å². The highest BCUT2D eigenvalue weighted by molar-refractivity contribution is 7.99. The molecule has 0 aliphatic heterocycles. The average Bonchev–Trinajstić information content (AvgIpc) is 2.77. The third kappa shape index (κ3) is 2.22. The number of nitrogens with one attached hydrogen (secondary N) is 1. The van der Waals surface area contributed by atoms with Crippen molar-refractivity contribution in [1.29, 1.82) is 0 Å². The largest absolute Gasteiger partial charge is 0.409 e. The number of aromatic amines is 1. The summed E-state index contributed by atoms with van der Waals surface area (Å²) in [6, 6.07) is 0. The Morgan fingerprint density at radius 2 is 2.38 bits per heavy atom. The fourth-order valence-electron chi connectivity index (χ4n) is 1.15. The van der Waals surface area contributed by atoms with Crippen LogP contribution in [0.3, 0.4) is 0 Å². The topological polar surface area (TPSA) is 113 Å². The Labute approximate surface area is 95.2 Å². The maximum atomic E-state index is 8.38. The molecule has 2 aromatic rings. The molecule has 0 aliphatic carbocycles. The first kappa shape index (κ1) is 10.7. The van der Waals surface area contributed by atoms with Gasteiger partial charge in [0, 0.05) is 12.2 Å². The summed E-state index contributed by atoms with van der Waals surface area (Å²) in [6.07, 6.45) is 3.54. The van der Waals surface area contributed by atoms with Crippen molar-refractivity contribution in [2.75, 3.05) is 5.75 Å². The zero-order valence-electron chi connectivity index (χ0n) is 8.29. The second-order valence-corrected chi connectivity index (χ2v) is 4.05. The molecule has 8 heteroatoms. The van der Waals surface area contributed by atoms with E-state index in [9.17, 15) is 0 Å². The minimum atomic E-state index is 0.211. The Morgan fingerprint density at radius 1 is 1.50 bits per heavy atom. The van der Waals surface area contributed by atoms with Crippen LogP contribution in [0.4, 0.5) is 0 Å². The molecule has 0 atom stereocenters. The zero-order chi connectivity index (χ0) is 11.4. The number of nitrogens with zero attached hydrogens (tertiary/aromatic N) is 4. The lowest BCUT2D eigenvalue weighted by Gasteiger charge is -2.00. The number of fused-ring (bicyclic) bond motifs is 1. The van der Waals surface area contributed by atoms with Crippen molar-refractivity contribution in [2.24, 2.45) is 10.9 Å². The van der Waals surface area contributed by atoms with E-state index in [0.717, 1.165) is 10.5 Å². The highest BCUT2D eigenvalue weighted by atomic mass is 32.2. The van der Waals surface area contributed by atoms with Crippen LogP contribution < -0.4 is 5.73 Å². The molecule has 0 aliphatic rings. The van der Waals surface area contributed by atoms with Gasteiger partial charge in [0.25, 0.3) is 0 Å². The highest BCUT2D eigenvalue weighted by Gasteiger charge is 2.06. The molecule has 2 aromatic heterocycles. The van der Waals surface area contributed by atoms with E-state index in [4.69, 9.17) is 10.9 Å². The third-order valence-electron chi connectivity index (χ3n) is 1.91. The smallest absolute Gasteiger partial charge is 0.181 e. The van der Waals surface area contributed by atoms with E-state index in [1.807, 2.05) is 0 Å². The Bertz CT molecular complexity index is 510. The molecule has 0 saturated heterocycles. The number of hydrogen-bond donors (Lipinski definition) is 3. The van der Waals surface area contributed by atoms with Gasteiger partial charge in [-0.2, -0.15) is 0 Å². The van der Waals surface area contributed by atoms with E-state index in [1.54, 1.807) is 6.33 Å². The van der Waals surface area contributed by atoms with Crippen LogP contribution in [0.15, 0.2) is 22.8 Å². The van der Waals surface area contributed by atoms with Gasteiger partial charge in [-0.25, -0.2) is 15.0 Å². The number of nitrogens with two attached hydrogens (primary N) is 1. The van der Waals surface area contributed by atoms with Crippen LogP contribution in [0, 0.1) is 0 Å². The summed E-state index contributed by atoms with van der Waals surface area (Å²) >= 11 is 1.50. The zero-order valence-corrected chi connectivity index (χ0v) is 9.11. The van der Waals surface area contributed by atoms with E-state index in [0.29, 0.717) is 17.8 Å². The van der Waals surface area contributed by atoms with Crippen molar-refractivity contribution >= 4 is 28.8 Å². The molecule has 2 heterocycles. The fourth-order valence-corrected chi connectivity index (χ4v) is 2.08. The van der Waals surface area contributed by atoms with Crippen molar-refractivity contribution in [3.8, 4) is 0 Å². The van der Waals surface area contributed by atoms with Crippen molar-refractivity contribution in [3.05, 3.63) is 12.7 Å². The molecule has 0 saturated carbocycles. The normalized spacial score (nSPS) is 12.1. The Morgan fingerprint density at radius 3 is 3.19 bits per heavy atom. The predicted molar refractivity (Wildman–Crippen MR) is 60.4 cm³/mol. The second-order valence-electron chi connectivity index (χ2n) is 2.97. The van der Waals surface area contributed by atoms with Crippen LogP contribution in [-0.2, 0) is 0 Å². The van der Waals surface area contributed by atoms with Gasteiger partial charge < -0.3 is 15.9 Å². The molecule has 0 fully saturated rings. The van der Waals surface area contributed by atoms with Gasteiger partial charge in [0.15, 0.2) is 5.65 Å². The molecule has 0 bridgehead atoms.